The number of aliphatic hydroxyl groups excluding tert-OH is 1. The monoisotopic (exact) mass is 541 g/mol. The van der Waals surface area contributed by atoms with Crippen molar-refractivity contribution in [3.05, 3.63) is 57.3 Å². The summed E-state index contributed by atoms with van der Waals surface area (Å²) in [6, 6.07) is 7.84. The van der Waals surface area contributed by atoms with Crippen LogP contribution < -0.4 is 5.73 Å². The van der Waals surface area contributed by atoms with Gasteiger partial charge in [0.2, 0.25) is 6.79 Å². The van der Waals surface area contributed by atoms with E-state index in [-0.39, 0.29) is 24.9 Å². The molecule has 0 saturated carbocycles. The molecule has 0 bridgehead atoms. The molecular formula is C20H21FIN5O4. The Kier molecular flexibility index (Phi) is 6.83. The minimum absolute atomic E-state index is 0.0391. The van der Waals surface area contributed by atoms with Crippen LogP contribution in [0, 0.1) is 9.65 Å². The number of benzene rings is 1. The highest BCUT2D eigenvalue weighted by Gasteiger charge is 2.32. The van der Waals surface area contributed by atoms with Gasteiger partial charge in [0.25, 0.3) is 0 Å². The minimum Gasteiger partial charge on any atom is -0.462 e. The molecular weight excluding hydrogens is 520 g/mol. The summed E-state index contributed by atoms with van der Waals surface area (Å²) in [5.41, 5.74) is 7.49. The maximum absolute atomic E-state index is 14.0. The molecule has 4 rings (SSSR count). The van der Waals surface area contributed by atoms with E-state index in [1.807, 2.05) is 24.3 Å². The third-order valence-corrected chi connectivity index (χ3v) is 5.76. The molecule has 3 heterocycles. The second kappa shape index (κ2) is 9.75. The third-order valence-electron chi connectivity index (χ3n) is 4.78. The van der Waals surface area contributed by atoms with Crippen molar-refractivity contribution in [1.82, 2.24) is 19.5 Å². The zero-order chi connectivity index (χ0) is 21.8. The first-order valence-electron chi connectivity index (χ1n) is 9.66. The fourth-order valence-electron chi connectivity index (χ4n) is 3.41. The van der Waals surface area contributed by atoms with Crippen molar-refractivity contribution in [2.45, 2.75) is 18.9 Å². The van der Waals surface area contributed by atoms with Crippen molar-refractivity contribution < 1.29 is 23.7 Å². The van der Waals surface area contributed by atoms with Crippen molar-refractivity contribution in [1.29, 1.82) is 0 Å². The third kappa shape index (κ3) is 4.57. The van der Waals surface area contributed by atoms with Gasteiger partial charge in [-0.15, -0.1) is 0 Å². The van der Waals surface area contributed by atoms with Crippen LogP contribution in [0.25, 0.3) is 11.2 Å². The number of ether oxygens (including phenoxy) is 3. The maximum Gasteiger partial charge on any atom is 0.312 e. The normalized spacial score (nSPS) is 14.4. The number of aliphatic hydroxyl groups is 1. The van der Waals surface area contributed by atoms with E-state index in [0.717, 1.165) is 9.13 Å². The molecule has 1 atom stereocenters. The molecule has 1 unspecified atom stereocenters. The van der Waals surface area contributed by atoms with Crippen LogP contribution in [-0.2, 0) is 20.8 Å². The predicted octanol–water partition coefficient (Wildman–Crippen LogP) is 2.53. The Hall–Kier alpha value is -2.51. The number of hydrogen-bond acceptors (Lipinski definition) is 8. The van der Waals surface area contributed by atoms with E-state index in [1.54, 1.807) is 10.8 Å². The number of halogens is 2. The van der Waals surface area contributed by atoms with E-state index in [4.69, 9.17) is 30.0 Å². The number of aromatic nitrogens is 4. The van der Waals surface area contributed by atoms with Crippen LogP contribution in [0.3, 0.4) is 0 Å². The standard InChI is InChI=1S/C20H21FIN5O4/c21-20-25-17(23)16-19(26-20)27(6-9-29-8-3-7-28)18(24-16)15(14-10-30-11-31-14)12-4-1-2-5-13(12)22/h1-2,4-5,10,15,28H,3,6-9,11H2,(H2,23,25,26). The zero-order valence-electron chi connectivity index (χ0n) is 16.5. The summed E-state index contributed by atoms with van der Waals surface area (Å²) in [6.07, 6.45) is 1.17. The van der Waals surface area contributed by atoms with Crippen LogP contribution in [0.4, 0.5) is 10.2 Å². The van der Waals surface area contributed by atoms with Gasteiger partial charge in [-0.2, -0.15) is 14.4 Å². The topological polar surface area (TPSA) is 118 Å². The molecule has 164 valence electrons. The lowest BCUT2D eigenvalue weighted by Gasteiger charge is -2.20. The van der Waals surface area contributed by atoms with Gasteiger partial charge in [0.15, 0.2) is 17.0 Å². The first-order chi connectivity index (χ1) is 15.1. The van der Waals surface area contributed by atoms with Gasteiger partial charge in [-0.25, -0.2) is 4.98 Å². The van der Waals surface area contributed by atoms with Gasteiger partial charge in [0.1, 0.15) is 23.8 Å². The first-order valence-corrected chi connectivity index (χ1v) is 10.7. The number of hydrogen-bond donors (Lipinski definition) is 2. The van der Waals surface area contributed by atoms with Gasteiger partial charge in [-0.05, 0) is 40.6 Å². The van der Waals surface area contributed by atoms with Crippen LogP contribution in [-0.4, -0.2) is 51.2 Å². The summed E-state index contributed by atoms with van der Waals surface area (Å²) < 4.78 is 33.4. The molecule has 1 aliphatic heterocycles. The van der Waals surface area contributed by atoms with Crippen molar-refractivity contribution in [3.8, 4) is 0 Å². The molecule has 3 aromatic rings. The lowest BCUT2D eigenvalue weighted by Crippen LogP contribution is -2.17. The van der Waals surface area contributed by atoms with Gasteiger partial charge >= 0.3 is 6.08 Å². The van der Waals surface area contributed by atoms with Crippen molar-refractivity contribution in [3.63, 3.8) is 0 Å². The number of rotatable bonds is 9. The van der Waals surface area contributed by atoms with E-state index < -0.39 is 12.0 Å². The summed E-state index contributed by atoms with van der Waals surface area (Å²) in [7, 11) is 0. The van der Waals surface area contributed by atoms with E-state index in [2.05, 4.69) is 32.6 Å². The van der Waals surface area contributed by atoms with Crippen LogP contribution in [0.2, 0.25) is 0 Å². The highest BCUT2D eigenvalue weighted by molar-refractivity contribution is 14.1. The fraction of sp³-hybridized carbons (Fsp3) is 0.350. The maximum atomic E-state index is 14.0. The van der Waals surface area contributed by atoms with Crippen molar-refractivity contribution in [2.24, 2.45) is 0 Å². The van der Waals surface area contributed by atoms with Gasteiger partial charge in [-0.1, -0.05) is 18.2 Å². The lowest BCUT2D eigenvalue weighted by molar-refractivity contribution is 0.0761. The lowest BCUT2D eigenvalue weighted by atomic mass is 9.96. The molecule has 1 aliphatic rings. The number of fused-ring (bicyclic) bond motifs is 1. The smallest absolute Gasteiger partial charge is 0.312 e. The fourth-order valence-corrected chi connectivity index (χ4v) is 4.11. The molecule has 0 amide bonds. The minimum atomic E-state index is -0.926. The molecule has 0 saturated heterocycles. The number of imidazole rings is 1. The van der Waals surface area contributed by atoms with Gasteiger partial charge in [0.05, 0.1) is 6.61 Å². The molecule has 31 heavy (non-hydrogen) atoms. The molecule has 0 fully saturated rings. The number of nitrogens with zero attached hydrogens (tertiary/aromatic N) is 4. The van der Waals surface area contributed by atoms with Crippen molar-refractivity contribution >= 4 is 39.6 Å². The molecule has 0 radical (unpaired) electrons. The second-order valence-corrected chi connectivity index (χ2v) is 7.93. The van der Waals surface area contributed by atoms with Crippen LogP contribution >= 0.6 is 22.6 Å². The Balaban J connectivity index is 1.84. The largest absolute Gasteiger partial charge is 0.462 e. The Bertz CT molecular complexity index is 1110. The quantitative estimate of drug-likeness (QED) is 0.241. The summed E-state index contributed by atoms with van der Waals surface area (Å²) >= 11 is 2.25. The second-order valence-electron chi connectivity index (χ2n) is 6.76. The molecule has 0 aliphatic carbocycles. The van der Waals surface area contributed by atoms with E-state index in [0.29, 0.717) is 43.3 Å². The average molecular weight is 541 g/mol. The molecule has 9 nitrogen and oxygen atoms in total. The predicted molar refractivity (Wildman–Crippen MR) is 118 cm³/mol. The van der Waals surface area contributed by atoms with Gasteiger partial charge < -0.3 is 29.6 Å². The summed E-state index contributed by atoms with van der Waals surface area (Å²) in [6.45, 7) is 1.23. The Labute approximate surface area is 191 Å². The molecule has 2 aromatic heterocycles. The van der Waals surface area contributed by atoms with Gasteiger partial charge in [-0.3, -0.25) is 0 Å². The molecule has 1 aromatic carbocycles. The van der Waals surface area contributed by atoms with Crippen molar-refractivity contribution in [2.75, 3.05) is 32.3 Å². The highest BCUT2D eigenvalue weighted by atomic mass is 127. The summed E-state index contributed by atoms with van der Waals surface area (Å²) in [4.78, 5) is 12.3. The number of nitrogens with two attached hydrogens (primary N) is 1. The van der Waals surface area contributed by atoms with E-state index >= 15 is 0 Å². The van der Waals surface area contributed by atoms with Crippen LogP contribution in [0.15, 0.2) is 36.3 Å². The molecule has 11 heteroatoms. The van der Waals surface area contributed by atoms with Crippen LogP contribution in [0.1, 0.15) is 23.7 Å². The average Bonchev–Trinajstić information content (AvgIpc) is 3.39. The van der Waals surface area contributed by atoms with Crippen LogP contribution in [0.5, 0.6) is 0 Å². The van der Waals surface area contributed by atoms with E-state index in [9.17, 15) is 4.39 Å². The first kappa shape index (κ1) is 21.7. The summed E-state index contributed by atoms with van der Waals surface area (Å²) in [5.74, 6) is 0.676. The molecule has 3 N–H and O–H groups in total. The SMILES string of the molecule is Nc1nc(F)nc2c1nc(C(C1=COCO1)c1ccccc1I)n2CCOCCCO. The number of nitrogen functional groups attached to an aromatic ring is 1. The number of allylic oxidation sites excluding steroid dienone is 1. The Morgan fingerprint density at radius 2 is 2.10 bits per heavy atom. The Morgan fingerprint density at radius 1 is 1.26 bits per heavy atom. The number of anilines is 1. The summed E-state index contributed by atoms with van der Waals surface area (Å²) in [5, 5.41) is 8.94. The molecule has 0 spiro atoms. The highest BCUT2D eigenvalue weighted by Crippen LogP contribution is 2.38. The zero-order valence-corrected chi connectivity index (χ0v) is 18.7. The van der Waals surface area contributed by atoms with Gasteiger partial charge in [0, 0.05) is 23.3 Å². The Morgan fingerprint density at radius 3 is 2.84 bits per heavy atom. The van der Waals surface area contributed by atoms with E-state index in [1.165, 1.54) is 0 Å².